The zero-order valence-electron chi connectivity index (χ0n) is 10.2. The summed E-state index contributed by atoms with van der Waals surface area (Å²) in [5.74, 6) is 0.432. The molecule has 1 unspecified atom stereocenters. The molecule has 102 valence electrons. The molecule has 1 atom stereocenters. The number of amidine groups is 1. The predicted octanol–water partition coefficient (Wildman–Crippen LogP) is 0.403. The number of hydrogen-bond donors (Lipinski definition) is 1. The number of fused-ring (bicyclic) bond motifs is 1. The summed E-state index contributed by atoms with van der Waals surface area (Å²) in [6, 6.07) is 5.27. The van der Waals surface area contributed by atoms with Gasteiger partial charge in [0.25, 0.3) is 10.0 Å². The van der Waals surface area contributed by atoms with E-state index in [0.29, 0.717) is 30.1 Å². The van der Waals surface area contributed by atoms with Gasteiger partial charge in [-0.1, -0.05) is 12.1 Å². The first-order chi connectivity index (χ1) is 9.05. The molecule has 1 saturated heterocycles. The zero-order valence-corrected chi connectivity index (χ0v) is 11.0. The maximum Gasteiger partial charge on any atom is 0.259 e. The molecule has 0 aliphatic carbocycles. The largest absolute Gasteiger partial charge is 0.487 e. The topological polar surface area (TPSA) is 91.0 Å². The number of ether oxygens (including phenoxy) is 2. The average Bonchev–Trinajstić information content (AvgIpc) is 2.79. The van der Waals surface area contributed by atoms with E-state index in [4.69, 9.17) is 15.2 Å². The summed E-state index contributed by atoms with van der Waals surface area (Å²) >= 11 is 0. The van der Waals surface area contributed by atoms with E-state index in [9.17, 15) is 8.42 Å². The highest BCUT2D eigenvalue weighted by atomic mass is 32.2. The van der Waals surface area contributed by atoms with Gasteiger partial charge in [-0.05, 0) is 11.6 Å². The lowest BCUT2D eigenvalue weighted by Gasteiger charge is -2.20. The van der Waals surface area contributed by atoms with Gasteiger partial charge in [-0.25, -0.2) is 8.42 Å². The molecule has 0 aromatic heterocycles. The molecule has 0 amide bonds. The van der Waals surface area contributed by atoms with Crippen molar-refractivity contribution in [2.24, 2.45) is 10.1 Å². The Morgan fingerprint density at radius 3 is 3.00 bits per heavy atom. The van der Waals surface area contributed by atoms with Gasteiger partial charge >= 0.3 is 0 Å². The molecule has 1 aromatic rings. The quantitative estimate of drug-likeness (QED) is 0.848. The number of hydrogen-bond acceptors (Lipinski definition) is 5. The maximum absolute atomic E-state index is 11.6. The Labute approximate surface area is 111 Å². The molecule has 3 rings (SSSR count). The first-order valence-electron chi connectivity index (χ1n) is 6.00. The van der Waals surface area contributed by atoms with Gasteiger partial charge in [-0.15, -0.1) is 4.40 Å². The molecular formula is C12H14N2O4S. The number of nitrogens with zero attached hydrogens (tertiary/aromatic N) is 1. The molecule has 19 heavy (non-hydrogen) atoms. The molecule has 0 spiro atoms. The second kappa shape index (κ2) is 4.50. The van der Waals surface area contributed by atoms with E-state index >= 15 is 0 Å². The van der Waals surface area contributed by atoms with Crippen molar-refractivity contribution in [3.05, 3.63) is 29.3 Å². The molecule has 1 aromatic carbocycles. The monoisotopic (exact) mass is 282 g/mol. The third-order valence-corrected chi connectivity index (χ3v) is 4.28. The van der Waals surface area contributed by atoms with Crippen molar-refractivity contribution >= 4 is 15.9 Å². The van der Waals surface area contributed by atoms with Crippen molar-refractivity contribution in [2.45, 2.75) is 18.3 Å². The molecule has 2 aliphatic heterocycles. The van der Waals surface area contributed by atoms with E-state index < -0.39 is 10.0 Å². The van der Waals surface area contributed by atoms with Crippen LogP contribution in [-0.2, 0) is 20.5 Å². The SMILES string of the molecule is NC1=NS(=O)(=O)Cc2cccc(OC3CCOC3)c21. The smallest absolute Gasteiger partial charge is 0.259 e. The fourth-order valence-electron chi connectivity index (χ4n) is 2.30. The first kappa shape index (κ1) is 12.4. The van der Waals surface area contributed by atoms with E-state index in [2.05, 4.69) is 4.40 Å². The van der Waals surface area contributed by atoms with Crippen LogP contribution in [0.5, 0.6) is 5.75 Å². The van der Waals surface area contributed by atoms with Crippen LogP contribution in [-0.4, -0.2) is 33.6 Å². The van der Waals surface area contributed by atoms with Gasteiger partial charge in [-0.2, -0.15) is 0 Å². The highest BCUT2D eigenvalue weighted by Gasteiger charge is 2.27. The lowest BCUT2D eigenvalue weighted by molar-refractivity contribution is 0.141. The standard InChI is InChI=1S/C12H14N2O4S/c13-12-11-8(7-19(15,16)14-12)2-1-3-10(11)18-9-4-5-17-6-9/h1-3,9H,4-7H2,(H2,13,14). The van der Waals surface area contributed by atoms with Crippen molar-refractivity contribution in [3.63, 3.8) is 0 Å². The lowest BCUT2D eigenvalue weighted by Crippen LogP contribution is -2.26. The predicted molar refractivity (Wildman–Crippen MR) is 69.6 cm³/mol. The van der Waals surface area contributed by atoms with Gasteiger partial charge in [0, 0.05) is 6.42 Å². The summed E-state index contributed by atoms with van der Waals surface area (Å²) in [6.45, 7) is 1.22. The van der Waals surface area contributed by atoms with E-state index in [1.165, 1.54) is 0 Å². The highest BCUT2D eigenvalue weighted by Crippen LogP contribution is 2.29. The molecule has 6 nitrogen and oxygen atoms in total. The second-order valence-corrected chi connectivity index (χ2v) is 6.23. The number of sulfonamides is 1. The van der Waals surface area contributed by atoms with E-state index in [1.807, 2.05) is 0 Å². The van der Waals surface area contributed by atoms with Crippen LogP contribution in [0.25, 0.3) is 0 Å². The summed E-state index contributed by atoms with van der Waals surface area (Å²) < 4.78 is 37.7. The van der Waals surface area contributed by atoms with Crippen molar-refractivity contribution in [1.82, 2.24) is 0 Å². The Hall–Kier alpha value is -1.60. The fourth-order valence-corrected chi connectivity index (χ4v) is 3.38. The van der Waals surface area contributed by atoms with Gasteiger partial charge < -0.3 is 15.2 Å². The molecule has 2 heterocycles. The molecule has 2 N–H and O–H groups in total. The summed E-state index contributed by atoms with van der Waals surface area (Å²) in [5.41, 5.74) is 6.97. The molecule has 2 aliphatic rings. The third-order valence-electron chi connectivity index (χ3n) is 3.13. The molecular weight excluding hydrogens is 268 g/mol. The van der Waals surface area contributed by atoms with Crippen molar-refractivity contribution in [2.75, 3.05) is 13.2 Å². The van der Waals surface area contributed by atoms with Crippen LogP contribution < -0.4 is 10.5 Å². The van der Waals surface area contributed by atoms with E-state index in [-0.39, 0.29) is 17.7 Å². The second-order valence-electron chi connectivity index (χ2n) is 4.60. The minimum absolute atomic E-state index is 0.00392. The van der Waals surface area contributed by atoms with Crippen LogP contribution in [0.2, 0.25) is 0 Å². The number of rotatable bonds is 2. The summed E-state index contributed by atoms with van der Waals surface area (Å²) in [4.78, 5) is 0. The molecule has 7 heteroatoms. The summed E-state index contributed by atoms with van der Waals surface area (Å²) in [6.07, 6.45) is 0.803. The first-order valence-corrected chi connectivity index (χ1v) is 7.61. The van der Waals surface area contributed by atoms with Crippen LogP contribution >= 0.6 is 0 Å². The van der Waals surface area contributed by atoms with Gasteiger partial charge in [0.2, 0.25) is 0 Å². The van der Waals surface area contributed by atoms with E-state index in [1.54, 1.807) is 18.2 Å². The Bertz CT molecular complexity index is 633. The molecule has 0 bridgehead atoms. The van der Waals surface area contributed by atoms with Crippen LogP contribution in [0.3, 0.4) is 0 Å². The highest BCUT2D eigenvalue weighted by molar-refractivity contribution is 7.89. The average molecular weight is 282 g/mol. The summed E-state index contributed by atoms with van der Waals surface area (Å²) in [7, 11) is -3.51. The van der Waals surface area contributed by atoms with Gasteiger partial charge in [0.1, 0.15) is 17.7 Å². The van der Waals surface area contributed by atoms with Crippen molar-refractivity contribution < 1.29 is 17.9 Å². The molecule has 0 radical (unpaired) electrons. The minimum Gasteiger partial charge on any atom is -0.487 e. The van der Waals surface area contributed by atoms with Crippen molar-refractivity contribution in [1.29, 1.82) is 0 Å². The Balaban J connectivity index is 1.99. The minimum atomic E-state index is -3.51. The fraction of sp³-hybridized carbons (Fsp3) is 0.417. The summed E-state index contributed by atoms with van der Waals surface area (Å²) in [5, 5.41) is 0. The third kappa shape index (κ3) is 2.43. The van der Waals surface area contributed by atoms with Gasteiger partial charge in [0.15, 0.2) is 0 Å². The normalized spacial score (nSPS) is 24.6. The van der Waals surface area contributed by atoms with Crippen molar-refractivity contribution in [3.8, 4) is 5.75 Å². The van der Waals surface area contributed by atoms with Crippen LogP contribution in [0.4, 0.5) is 0 Å². The van der Waals surface area contributed by atoms with Crippen LogP contribution in [0, 0.1) is 0 Å². The van der Waals surface area contributed by atoms with Crippen LogP contribution in [0.1, 0.15) is 17.5 Å². The zero-order chi connectivity index (χ0) is 13.5. The van der Waals surface area contributed by atoms with Gasteiger partial charge in [-0.3, -0.25) is 0 Å². The van der Waals surface area contributed by atoms with E-state index in [0.717, 1.165) is 6.42 Å². The number of nitrogens with two attached hydrogens (primary N) is 1. The molecule has 0 saturated carbocycles. The lowest BCUT2D eigenvalue weighted by atomic mass is 10.1. The molecule has 1 fully saturated rings. The van der Waals surface area contributed by atoms with Crippen LogP contribution in [0.15, 0.2) is 22.6 Å². The Morgan fingerprint density at radius 2 is 2.26 bits per heavy atom. The maximum atomic E-state index is 11.6. The Kier molecular flexibility index (Phi) is 2.94. The number of benzene rings is 1. The Morgan fingerprint density at radius 1 is 1.42 bits per heavy atom. The van der Waals surface area contributed by atoms with Gasteiger partial charge in [0.05, 0.1) is 24.5 Å².